The van der Waals surface area contributed by atoms with Crippen molar-refractivity contribution in [2.45, 2.75) is 0 Å². The zero-order valence-electron chi connectivity index (χ0n) is 5.54. The molecule has 0 spiro atoms. The molecule has 0 heterocycles. The number of rotatable bonds is 0. The molecule has 0 aromatic heterocycles. The Bertz CT molecular complexity index is 76.6. The molecule has 11 heteroatoms. The van der Waals surface area contributed by atoms with Gasteiger partial charge in [0.25, 0.3) is 0 Å². The zero-order valence-corrected chi connectivity index (χ0v) is 8.94. The molecule has 0 saturated heterocycles. The molecule has 0 aliphatic carbocycles. The molecule has 0 amide bonds. The van der Waals surface area contributed by atoms with Crippen LogP contribution in [-0.4, -0.2) is 0 Å². The van der Waals surface area contributed by atoms with Crippen molar-refractivity contribution in [3.63, 3.8) is 0 Å². The van der Waals surface area contributed by atoms with Crippen molar-refractivity contribution in [3.05, 3.63) is 0 Å². The van der Waals surface area contributed by atoms with Crippen molar-refractivity contribution in [3.8, 4) is 0 Å². The van der Waals surface area contributed by atoms with Crippen LogP contribution in [0, 0.1) is 0 Å². The van der Waals surface area contributed by atoms with E-state index in [0.29, 0.717) is 0 Å². The molecule has 1 radical (unpaired) electrons. The van der Waals surface area contributed by atoms with Crippen LogP contribution in [0.4, 0.5) is 0 Å². The van der Waals surface area contributed by atoms with Gasteiger partial charge in [0.15, 0.2) is 0 Å². The Morgan fingerprint density at radius 1 is 0.727 bits per heavy atom. The van der Waals surface area contributed by atoms with Crippen LogP contribution >= 0.6 is 0 Å². The van der Waals surface area contributed by atoms with E-state index in [9.17, 15) is 0 Å². The van der Waals surface area contributed by atoms with E-state index < -0.39 is 29.0 Å². The minimum absolute atomic E-state index is 0. The first-order chi connectivity index (χ1) is 3.46. The Hall–Kier alpha value is 2.18. The van der Waals surface area contributed by atoms with E-state index in [1.807, 2.05) is 0 Å². The molecule has 11 heavy (non-hydrogen) atoms. The van der Waals surface area contributed by atoms with Gasteiger partial charge in [-0.2, -0.15) is 0 Å². The van der Waals surface area contributed by atoms with Crippen LogP contribution in [0.1, 0.15) is 0 Å². The molecule has 0 aromatic carbocycles. The van der Waals surface area contributed by atoms with Gasteiger partial charge in [-0.25, -0.2) is 0 Å². The quantitative estimate of drug-likeness (QED) is 0.405. The van der Waals surface area contributed by atoms with Gasteiger partial charge in [-0.15, -0.1) is 0 Å². The maximum absolute atomic E-state index is 8.52. The summed E-state index contributed by atoms with van der Waals surface area (Å²) < 4.78 is 51.1. The van der Waals surface area contributed by atoms with Crippen LogP contribution < -0.4 is 54.5 Å². The van der Waals surface area contributed by atoms with Crippen LogP contribution in [0.15, 0.2) is 0 Å². The molecule has 0 fully saturated rings. The van der Waals surface area contributed by atoms with Crippen molar-refractivity contribution >= 4 is 0 Å². The first-order valence-electron chi connectivity index (χ1n) is 0.926. The Balaban J connectivity index is -0.0000000171. The molecule has 0 unspecified atom stereocenters. The van der Waals surface area contributed by atoms with Crippen LogP contribution in [0.5, 0.6) is 0 Å². The summed E-state index contributed by atoms with van der Waals surface area (Å²) in [6.45, 7) is 0. The van der Waals surface area contributed by atoms with E-state index in [4.69, 9.17) is 24.4 Å². The van der Waals surface area contributed by atoms with Gasteiger partial charge in [0, 0.05) is 0 Å². The van der Waals surface area contributed by atoms with Crippen molar-refractivity contribution in [2.24, 2.45) is 0 Å². The van der Waals surface area contributed by atoms with Crippen LogP contribution in [0.2, 0.25) is 0 Å². The Kier molecular flexibility index (Phi) is 60.4. The minimum atomic E-state index is -3.65. The van der Waals surface area contributed by atoms with E-state index in [0.717, 1.165) is 0 Å². The third-order valence-electron chi connectivity index (χ3n) is 0. The molecule has 0 saturated carbocycles. The van der Waals surface area contributed by atoms with Crippen molar-refractivity contribution in [1.29, 1.82) is 0 Å². The van der Waals surface area contributed by atoms with E-state index in [1.165, 1.54) is 0 Å². The summed E-state index contributed by atoms with van der Waals surface area (Å²) in [5.41, 5.74) is 0. The second-order valence-electron chi connectivity index (χ2n) is 0.378. The zero-order chi connectivity index (χ0) is 7.15. The van der Waals surface area contributed by atoms with Gasteiger partial charge in [0.1, 0.15) is 0 Å². The third kappa shape index (κ3) is 266. The van der Waals surface area contributed by atoms with E-state index in [2.05, 4.69) is 0 Å². The molecular weight excluding hydrogens is 279 g/mol. The fourth-order valence-electron chi connectivity index (χ4n) is 0. The molecule has 0 N–H and O–H groups in total. The predicted octanol–water partition coefficient (Wildman–Crippen LogP) is -11.0. The molecule has 61 valence electrons. The van der Waals surface area contributed by atoms with Gasteiger partial charge >= 0.3 is 108 Å². The Morgan fingerprint density at radius 2 is 0.727 bits per heavy atom. The fourth-order valence-corrected chi connectivity index (χ4v) is 0. The Morgan fingerprint density at radius 3 is 0.727 bits per heavy atom. The Labute approximate surface area is 107 Å². The summed E-state index contributed by atoms with van der Waals surface area (Å²) in [6.07, 6.45) is 0. The van der Waals surface area contributed by atoms with Gasteiger partial charge in [-0.05, 0) is 0 Å². The summed E-state index contributed by atoms with van der Waals surface area (Å²) >= 11 is -7.29. The topological polar surface area (TPSA) is 126 Å². The molecule has 0 aromatic rings. The third-order valence-corrected chi connectivity index (χ3v) is 0. The number of hydrogen-bond donors (Lipinski definition) is 0. The summed E-state index contributed by atoms with van der Waals surface area (Å²) in [5, 5.41) is 0. The van der Waals surface area contributed by atoms with Crippen LogP contribution in [0.3, 0.4) is 0 Å². The first kappa shape index (κ1) is 29.2. The van der Waals surface area contributed by atoms with Crippen LogP contribution in [0.25, 0.3) is 0 Å². The molecule has 0 aliphatic rings. The molecular formula is CoLi2Mn2O6. The van der Waals surface area contributed by atoms with Crippen molar-refractivity contribution in [2.75, 3.05) is 0 Å². The standard InChI is InChI=1S/Co.2Li.2Mn.6O/q+2;2*+1;;;;;4*-1. The molecule has 6 nitrogen and oxygen atoms in total. The maximum atomic E-state index is 8.52. The van der Waals surface area contributed by atoms with Crippen LogP contribution in [-0.2, 0) is 53.4 Å². The SMILES string of the molecule is [Co+2].[Li+].[Li+].[O]=[Mn]([O-])[O-].[O]=[Mn]([O-])[O-]. The van der Waals surface area contributed by atoms with E-state index >= 15 is 0 Å². The van der Waals surface area contributed by atoms with Crippen molar-refractivity contribution in [1.82, 2.24) is 0 Å². The predicted molar refractivity (Wildman–Crippen MR) is 1.37 cm³/mol. The molecule has 0 rings (SSSR count). The van der Waals surface area contributed by atoms with E-state index in [-0.39, 0.29) is 54.5 Å². The number of hydrogen-bond acceptors (Lipinski definition) is 6. The first-order valence-corrected chi connectivity index (χ1v) is 3.82. The summed E-state index contributed by atoms with van der Waals surface area (Å²) in [6, 6.07) is 0. The molecule has 0 bridgehead atoms. The van der Waals surface area contributed by atoms with E-state index in [1.54, 1.807) is 0 Å². The van der Waals surface area contributed by atoms with Crippen molar-refractivity contribution < 1.29 is 108 Å². The van der Waals surface area contributed by atoms with Gasteiger partial charge in [0.2, 0.25) is 0 Å². The van der Waals surface area contributed by atoms with Gasteiger partial charge < -0.3 is 0 Å². The second-order valence-corrected chi connectivity index (χ2v) is 1.56. The van der Waals surface area contributed by atoms with Gasteiger partial charge in [-0.1, -0.05) is 0 Å². The fraction of sp³-hybridized carbons (Fsp3) is 0. The summed E-state index contributed by atoms with van der Waals surface area (Å²) in [4.78, 5) is 0. The average molecular weight is 279 g/mol. The van der Waals surface area contributed by atoms with Gasteiger partial charge in [-0.3, -0.25) is 0 Å². The van der Waals surface area contributed by atoms with Gasteiger partial charge in [0.05, 0.1) is 0 Å². The molecule has 0 aliphatic heterocycles. The second kappa shape index (κ2) is 22.8. The normalized spacial score (nSPS) is 6.36. The monoisotopic (exact) mass is 279 g/mol. The average Bonchev–Trinajstić information content (AvgIpc) is 1.25. The summed E-state index contributed by atoms with van der Waals surface area (Å²) in [7, 11) is 0. The molecule has 0 atom stereocenters. The summed E-state index contributed by atoms with van der Waals surface area (Å²) in [5.74, 6) is 0.